The molecule has 0 aliphatic rings. The number of hydrogen-bond acceptors (Lipinski definition) is 10. The summed E-state index contributed by atoms with van der Waals surface area (Å²) in [7, 11) is 0. The Morgan fingerprint density at radius 2 is 1.25 bits per heavy atom. The average Bonchev–Trinajstić information content (AvgIpc) is 2.65. The van der Waals surface area contributed by atoms with Gasteiger partial charge >= 0.3 is 23.9 Å². The second-order valence-electron chi connectivity index (χ2n) is 7.12. The van der Waals surface area contributed by atoms with Crippen molar-refractivity contribution in [3.05, 3.63) is 0 Å². The topological polar surface area (TPSA) is 226 Å². The third-order valence-electron chi connectivity index (χ3n) is 4.24. The van der Waals surface area contributed by atoms with E-state index in [1.807, 2.05) is 0 Å². The predicted octanol–water partition coefficient (Wildman–Crippen LogP) is -2.60. The molecule has 0 radical (unpaired) electrons. The first-order valence-electron chi connectivity index (χ1n) is 9.99. The van der Waals surface area contributed by atoms with E-state index in [-0.39, 0.29) is 32.4 Å². The molecule has 0 heterocycles. The number of rotatable bonds is 21. The molecule has 0 spiro atoms. The molecule has 0 fully saturated rings. The summed E-state index contributed by atoms with van der Waals surface area (Å²) in [6, 6.07) is -0.975. The molecule has 0 aromatic rings. The van der Waals surface area contributed by atoms with E-state index < -0.39 is 56.1 Å². The van der Waals surface area contributed by atoms with Gasteiger partial charge in [0.1, 0.15) is 0 Å². The van der Waals surface area contributed by atoms with Gasteiger partial charge in [0.15, 0.2) is 0 Å². The lowest BCUT2D eigenvalue weighted by Crippen LogP contribution is -2.46. The van der Waals surface area contributed by atoms with Crippen LogP contribution in [0, 0.1) is 0 Å². The van der Waals surface area contributed by atoms with Gasteiger partial charge in [-0.15, -0.1) is 0 Å². The molecule has 2 atom stereocenters. The third-order valence-corrected chi connectivity index (χ3v) is 4.24. The van der Waals surface area contributed by atoms with E-state index in [0.717, 1.165) is 4.90 Å². The number of carboxylic acids is 4. The molecule has 0 aromatic carbocycles. The minimum atomic E-state index is -1.21. The van der Waals surface area contributed by atoms with Crippen LogP contribution < -0.4 is 11.5 Å². The monoisotopic (exact) mass is 466 g/mol. The maximum atomic E-state index is 11.2. The molecule has 14 heteroatoms. The summed E-state index contributed by atoms with van der Waals surface area (Å²) < 4.78 is 10.8. The molecule has 0 saturated carbocycles. The van der Waals surface area contributed by atoms with Gasteiger partial charge in [0.2, 0.25) is 0 Å². The van der Waals surface area contributed by atoms with Crippen molar-refractivity contribution in [2.45, 2.75) is 24.9 Å². The maximum Gasteiger partial charge on any atom is 0.317 e. The zero-order valence-corrected chi connectivity index (χ0v) is 17.9. The summed E-state index contributed by atoms with van der Waals surface area (Å²) in [5, 5.41) is 36.0. The lowest BCUT2D eigenvalue weighted by Gasteiger charge is -2.30. The van der Waals surface area contributed by atoms with Crippen LogP contribution in [-0.2, 0) is 28.7 Å². The van der Waals surface area contributed by atoms with Crippen LogP contribution in [0.2, 0.25) is 0 Å². The van der Waals surface area contributed by atoms with Crippen molar-refractivity contribution in [2.75, 3.05) is 65.7 Å². The van der Waals surface area contributed by atoms with Crippen LogP contribution >= 0.6 is 0 Å². The zero-order valence-electron chi connectivity index (χ0n) is 17.9. The summed E-state index contributed by atoms with van der Waals surface area (Å²) in [4.78, 5) is 46.5. The standard InChI is InChI=1S/C18H34N4O10/c19-3-5-31-11-13(20)1-2-14(22(9-17(27)28)10-18(29)30)12-32-6-4-21(7-15(23)24)8-16(25)26/h13-14H,1-12,19-20H2,(H,23,24)(H,25,26)(H,27,28)(H,29,30). The lowest BCUT2D eigenvalue weighted by atomic mass is 10.1. The quantitative estimate of drug-likeness (QED) is 0.0953. The molecule has 0 aliphatic carbocycles. The van der Waals surface area contributed by atoms with Crippen LogP contribution in [0.4, 0.5) is 0 Å². The number of aliphatic carboxylic acids is 4. The third kappa shape index (κ3) is 16.3. The van der Waals surface area contributed by atoms with Crippen molar-refractivity contribution in [3.8, 4) is 0 Å². The molecule has 0 amide bonds. The molecule has 2 unspecified atom stereocenters. The van der Waals surface area contributed by atoms with Gasteiger partial charge in [-0.05, 0) is 12.8 Å². The highest BCUT2D eigenvalue weighted by Gasteiger charge is 2.24. The molecule has 14 nitrogen and oxygen atoms in total. The van der Waals surface area contributed by atoms with Crippen molar-refractivity contribution in [2.24, 2.45) is 11.5 Å². The van der Waals surface area contributed by atoms with Crippen molar-refractivity contribution < 1.29 is 49.1 Å². The molecule has 0 aromatic heterocycles. The fraction of sp³-hybridized carbons (Fsp3) is 0.778. The Kier molecular flexibility index (Phi) is 16.0. The molecule has 186 valence electrons. The molecule has 0 aliphatic heterocycles. The van der Waals surface area contributed by atoms with E-state index in [1.54, 1.807) is 0 Å². The molecule has 8 N–H and O–H groups in total. The van der Waals surface area contributed by atoms with Gasteiger partial charge in [0, 0.05) is 25.2 Å². The molecule has 0 saturated heterocycles. The number of carbonyl (C=O) groups is 4. The highest BCUT2D eigenvalue weighted by molar-refractivity contribution is 5.73. The Morgan fingerprint density at radius 3 is 1.72 bits per heavy atom. The minimum Gasteiger partial charge on any atom is -0.480 e. The summed E-state index contributed by atoms with van der Waals surface area (Å²) in [6.07, 6.45) is 0.722. The maximum absolute atomic E-state index is 11.2. The fourth-order valence-electron chi connectivity index (χ4n) is 2.85. The largest absolute Gasteiger partial charge is 0.480 e. The number of ether oxygens (including phenoxy) is 2. The van der Waals surface area contributed by atoms with E-state index in [4.69, 9.17) is 41.4 Å². The Hall–Kier alpha value is -2.36. The summed E-state index contributed by atoms with van der Waals surface area (Å²) in [6.45, 7) is -1.17. The second kappa shape index (κ2) is 17.2. The normalized spacial score (nSPS) is 13.2. The first kappa shape index (κ1) is 29.6. The van der Waals surface area contributed by atoms with Crippen LogP contribution in [0.25, 0.3) is 0 Å². The van der Waals surface area contributed by atoms with Gasteiger partial charge in [-0.2, -0.15) is 0 Å². The van der Waals surface area contributed by atoms with Crippen LogP contribution in [0.3, 0.4) is 0 Å². The summed E-state index contributed by atoms with van der Waals surface area (Å²) in [5.74, 6) is -4.80. The minimum absolute atomic E-state index is 0.00955. The smallest absolute Gasteiger partial charge is 0.317 e. The molecule has 32 heavy (non-hydrogen) atoms. The lowest BCUT2D eigenvalue weighted by molar-refractivity contribution is -0.144. The predicted molar refractivity (Wildman–Crippen MR) is 110 cm³/mol. The van der Waals surface area contributed by atoms with E-state index in [9.17, 15) is 19.2 Å². The van der Waals surface area contributed by atoms with Gasteiger partial charge in [-0.1, -0.05) is 0 Å². The van der Waals surface area contributed by atoms with Crippen molar-refractivity contribution in [1.82, 2.24) is 9.80 Å². The van der Waals surface area contributed by atoms with E-state index >= 15 is 0 Å². The van der Waals surface area contributed by atoms with Crippen molar-refractivity contribution in [3.63, 3.8) is 0 Å². The van der Waals surface area contributed by atoms with Crippen LogP contribution in [0.15, 0.2) is 0 Å². The van der Waals surface area contributed by atoms with Crippen molar-refractivity contribution >= 4 is 23.9 Å². The number of hydrogen-bond donors (Lipinski definition) is 6. The van der Waals surface area contributed by atoms with Crippen LogP contribution in [0.1, 0.15) is 12.8 Å². The molecule has 0 bridgehead atoms. The van der Waals surface area contributed by atoms with E-state index in [1.165, 1.54) is 4.90 Å². The van der Waals surface area contributed by atoms with Gasteiger partial charge in [-0.3, -0.25) is 29.0 Å². The van der Waals surface area contributed by atoms with Gasteiger partial charge in [-0.25, -0.2) is 0 Å². The number of nitrogens with two attached hydrogens (primary N) is 2. The SMILES string of the molecule is NCCOCC(N)CCC(COCCN(CC(=O)O)CC(=O)O)N(CC(=O)O)CC(=O)O. The van der Waals surface area contributed by atoms with Gasteiger partial charge in [0.25, 0.3) is 0 Å². The Labute approximate surface area is 185 Å². The second-order valence-corrected chi connectivity index (χ2v) is 7.12. The summed E-state index contributed by atoms with van der Waals surface area (Å²) >= 11 is 0. The Morgan fingerprint density at radius 1 is 0.750 bits per heavy atom. The van der Waals surface area contributed by atoms with Crippen molar-refractivity contribution in [1.29, 1.82) is 0 Å². The number of nitrogens with zero attached hydrogens (tertiary/aromatic N) is 2. The molecular formula is C18H34N4O10. The highest BCUT2D eigenvalue weighted by Crippen LogP contribution is 2.10. The Balaban J connectivity index is 4.95. The Bertz CT molecular complexity index is 560. The highest BCUT2D eigenvalue weighted by atomic mass is 16.5. The fourth-order valence-corrected chi connectivity index (χ4v) is 2.85. The first-order valence-corrected chi connectivity index (χ1v) is 9.99. The number of carboxylic acid groups (broad SMARTS) is 4. The zero-order chi connectivity index (χ0) is 24.5. The van der Waals surface area contributed by atoms with Crippen LogP contribution in [0.5, 0.6) is 0 Å². The molecular weight excluding hydrogens is 432 g/mol. The van der Waals surface area contributed by atoms with Gasteiger partial charge < -0.3 is 41.4 Å². The average molecular weight is 466 g/mol. The van der Waals surface area contributed by atoms with E-state index in [2.05, 4.69) is 0 Å². The molecule has 0 rings (SSSR count). The summed E-state index contributed by atoms with van der Waals surface area (Å²) in [5.41, 5.74) is 11.3. The first-order chi connectivity index (χ1) is 15.0. The van der Waals surface area contributed by atoms with Gasteiger partial charge in [0.05, 0.1) is 52.6 Å². The van der Waals surface area contributed by atoms with E-state index in [0.29, 0.717) is 26.0 Å². The van der Waals surface area contributed by atoms with Crippen LogP contribution in [-0.4, -0.2) is 132 Å².